The van der Waals surface area contributed by atoms with Gasteiger partial charge in [-0.2, -0.15) is 0 Å². The topological polar surface area (TPSA) is 38.3 Å². The fourth-order valence-electron chi connectivity index (χ4n) is 3.44. The lowest BCUT2D eigenvalue weighted by atomic mass is 9.83. The highest BCUT2D eigenvalue weighted by Crippen LogP contribution is 2.32. The molecular weight excluding hydrogens is 274 g/mol. The van der Waals surface area contributed by atoms with E-state index in [4.69, 9.17) is 4.74 Å². The molecule has 120 valence electrons. The summed E-state index contributed by atoms with van der Waals surface area (Å²) in [4.78, 5) is 11.7. The van der Waals surface area contributed by atoms with Gasteiger partial charge in [-0.15, -0.1) is 0 Å². The number of hydrogen-bond donors (Lipinski definition) is 1. The maximum Gasteiger partial charge on any atom is 0.220 e. The minimum absolute atomic E-state index is 0.215. The molecule has 3 nitrogen and oxygen atoms in total. The largest absolute Gasteiger partial charge is 0.373 e. The zero-order valence-electron chi connectivity index (χ0n) is 13.4. The summed E-state index contributed by atoms with van der Waals surface area (Å²) in [6.45, 7) is 1.46. The minimum Gasteiger partial charge on any atom is -0.373 e. The van der Waals surface area contributed by atoms with E-state index in [0.29, 0.717) is 5.92 Å². The molecule has 0 bridgehead atoms. The van der Waals surface area contributed by atoms with Crippen molar-refractivity contribution in [2.24, 2.45) is 5.92 Å². The van der Waals surface area contributed by atoms with Crippen LogP contribution >= 0.6 is 0 Å². The zero-order valence-corrected chi connectivity index (χ0v) is 13.4. The molecule has 1 aromatic rings. The van der Waals surface area contributed by atoms with Gasteiger partial charge in [-0.05, 0) is 55.6 Å². The van der Waals surface area contributed by atoms with Crippen molar-refractivity contribution >= 4 is 5.91 Å². The highest BCUT2D eigenvalue weighted by atomic mass is 16.5. The van der Waals surface area contributed by atoms with Gasteiger partial charge in [0, 0.05) is 19.6 Å². The van der Waals surface area contributed by atoms with E-state index >= 15 is 0 Å². The van der Waals surface area contributed by atoms with Gasteiger partial charge in [0.25, 0.3) is 0 Å². The van der Waals surface area contributed by atoms with Crippen molar-refractivity contribution < 1.29 is 9.53 Å². The number of nitrogens with one attached hydrogen (secondary N) is 1. The molecule has 0 radical (unpaired) electrons. The van der Waals surface area contributed by atoms with Crippen molar-refractivity contribution in [2.45, 2.75) is 57.5 Å². The van der Waals surface area contributed by atoms with Crippen LogP contribution in [0.1, 0.15) is 62.2 Å². The van der Waals surface area contributed by atoms with Crippen LogP contribution in [0.25, 0.3) is 0 Å². The van der Waals surface area contributed by atoms with Gasteiger partial charge in [-0.3, -0.25) is 4.79 Å². The second kappa shape index (κ2) is 7.77. The molecule has 1 aromatic carbocycles. The van der Waals surface area contributed by atoms with Crippen molar-refractivity contribution in [3.8, 4) is 0 Å². The lowest BCUT2D eigenvalue weighted by Crippen LogP contribution is -2.29. The lowest BCUT2D eigenvalue weighted by molar-refractivity contribution is -0.122. The Morgan fingerprint density at radius 3 is 2.86 bits per heavy atom. The molecule has 1 fully saturated rings. The van der Waals surface area contributed by atoms with Gasteiger partial charge in [0.15, 0.2) is 0 Å². The molecule has 0 heterocycles. The predicted octanol–water partition coefficient (Wildman–Crippen LogP) is 3.78. The highest BCUT2D eigenvalue weighted by molar-refractivity contribution is 5.76. The Morgan fingerprint density at radius 1 is 1.18 bits per heavy atom. The molecule has 1 amide bonds. The van der Waals surface area contributed by atoms with Gasteiger partial charge in [-0.1, -0.05) is 30.7 Å². The van der Waals surface area contributed by atoms with Crippen molar-refractivity contribution in [3.63, 3.8) is 0 Å². The first-order chi connectivity index (χ1) is 10.8. The lowest BCUT2D eigenvalue weighted by Gasteiger charge is -2.26. The van der Waals surface area contributed by atoms with Gasteiger partial charge >= 0.3 is 0 Å². The van der Waals surface area contributed by atoms with E-state index in [1.54, 1.807) is 0 Å². The molecule has 22 heavy (non-hydrogen) atoms. The summed E-state index contributed by atoms with van der Waals surface area (Å²) in [6.07, 6.45) is 9.13. The van der Waals surface area contributed by atoms with Crippen LogP contribution in [-0.4, -0.2) is 19.1 Å². The molecular formula is C19H27NO2. The summed E-state index contributed by atoms with van der Waals surface area (Å²) in [7, 11) is 0. The monoisotopic (exact) mass is 301 g/mol. The fourth-order valence-corrected chi connectivity index (χ4v) is 3.44. The smallest absolute Gasteiger partial charge is 0.220 e. The summed E-state index contributed by atoms with van der Waals surface area (Å²) in [6, 6.07) is 8.62. The number of rotatable bonds is 7. The SMILES string of the molecule is O=C(CC1CCC1)NCCCOC1CCCc2ccccc21. The van der Waals surface area contributed by atoms with Crippen molar-refractivity contribution in [2.75, 3.05) is 13.2 Å². The number of aryl methyl sites for hydroxylation is 1. The van der Waals surface area contributed by atoms with E-state index in [-0.39, 0.29) is 12.0 Å². The Kier molecular flexibility index (Phi) is 5.49. The number of hydrogen-bond acceptors (Lipinski definition) is 2. The molecule has 0 saturated heterocycles. The summed E-state index contributed by atoms with van der Waals surface area (Å²) < 4.78 is 6.05. The summed E-state index contributed by atoms with van der Waals surface area (Å²) >= 11 is 0. The normalized spacial score (nSPS) is 21.0. The van der Waals surface area contributed by atoms with Gasteiger partial charge in [-0.25, -0.2) is 0 Å². The Bertz CT molecular complexity index is 496. The van der Waals surface area contributed by atoms with Crippen molar-refractivity contribution in [1.29, 1.82) is 0 Å². The predicted molar refractivity (Wildman–Crippen MR) is 87.7 cm³/mol. The first kappa shape index (κ1) is 15.5. The van der Waals surface area contributed by atoms with Crippen LogP contribution < -0.4 is 5.32 Å². The molecule has 1 unspecified atom stereocenters. The average Bonchev–Trinajstić information content (AvgIpc) is 2.51. The molecule has 3 heteroatoms. The van der Waals surface area contributed by atoms with Crippen LogP contribution in [0.4, 0.5) is 0 Å². The number of carbonyl (C=O) groups is 1. The molecule has 2 aliphatic rings. The average molecular weight is 301 g/mol. The highest BCUT2D eigenvalue weighted by Gasteiger charge is 2.21. The van der Waals surface area contributed by atoms with Crippen LogP contribution in [0.5, 0.6) is 0 Å². The zero-order chi connectivity index (χ0) is 15.2. The molecule has 1 atom stereocenters. The maximum atomic E-state index is 11.7. The van der Waals surface area contributed by atoms with Crippen molar-refractivity contribution in [1.82, 2.24) is 5.32 Å². The Labute approximate surface area is 133 Å². The van der Waals surface area contributed by atoms with Gasteiger partial charge in [0.05, 0.1) is 6.10 Å². The van der Waals surface area contributed by atoms with Gasteiger partial charge in [0.1, 0.15) is 0 Å². The van der Waals surface area contributed by atoms with E-state index in [2.05, 4.69) is 29.6 Å². The Balaban J connectivity index is 1.33. The van der Waals surface area contributed by atoms with E-state index < -0.39 is 0 Å². The third-order valence-electron chi connectivity index (χ3n) is 4.98. The fraction of sp³-hybridized carbons (Fsp3) is 0.632. The standard InChI is InChI=1S/C19H27NO2/c21-19(14-15-6-3-7-15)20-12-5-13-22-18-11-4-9-16-8-1-2-10-17(16)18/h1-2,8,10,15,18H,3-7,9,11-14H2,(H,20,21). The van der Waals surface area contributed by atoms with Gasteiger partial charge < -0.3 is 10.1 Å². The van der Waals surface area contributed by atoms with Crippen LogP contribution in [0, 0.1) is 5.92 Å². The summed E-state index contributed by atoms with van der Waals surface area (Å²) in [5.41, 5.74) is 2.80. The Morgan fingerprint density at radius 2 is 2.05 bits per heavy atom. The Hall–Kier alpha value is -1.35. The first-order valence-corrected chi connectivity index (χ1v) is 8.79. The third-order valence-corrected chi connectivity index (χ3v) is 4.98. The quantitative estimate of drug-likeness (QED) is 0.778. The number of benzene rings is 1. The third kappa shape index (κ3) is 4.10. The molecule has 1 N–H and O–H groups in total. The second-order valence-corrected chi connectivity index (χ2v) is 6.66. The molecule has 3 rings (SSSR count). The van der Waals surface area contributed by atoms with Crippen LogP contribution in [-0.2, 0) is 16.0 Å². The number of amides is 1. The summed E-state index contributed by atoms with van der Waals surface area (Å²) in [5.74, 6) is 0.864. The second-order valence-electron chi connectivity index (χ2n) is 6.66. The first-order valence-electron chi connectivity index (χ1n) is 8.79. The maximum absolute atomic E-state index is 11.7. The molecule has 0 aromatic heterocycles. The van der Waals surface area contributed by atoms with Crippen molar-refractivity contribution in [3.05, 3.63) is 35.4 Å². The van der Waals surface area contributed by atoms with E-state index in [0.717, 1.165) is 32.4 Å². The van der Waals surface area contributed by atoms with Gasteiger partial charge in [0.2, 0.25) is 5.91 Å². The summed E-state index contributed by atoms with van der Waals surface area (Å²) in [5, 5.41) is 3.02. The molecule has 1 saturated carbocycles. The molecule has 0 spiro atoms. The minimum atomic E-state index is 0.215. The van der Waals surface area contributed by atoms with E-state index in [1.165, 1.54) is 43.2 Å². The van der Waals surface area contributed by atoms with E-state index in [9.17, 15) is 4.79 Å². The number of carbonyl (C=O) groups excluding carboxylic acids is 1. The molecule has 2 aliphatic carbocycles. The van der Waals surface area contributed by atoms with Crippen LogP contribution in [0.15, 0.2) is 24.3 Å². The molecule has 0 aliphatic heterocycles. The number of fused-ring (bicyclic) bond motifs is 1. The van der Waals surface area contributed by atoms with Crippen LogP contribution in [0.3, 0.4) is 0 Å². The number of ether oxygens (including phenoxy) is 1. The van der Waals surface area contributed by atoms with E-state index in [1.807, 2.05) is 0 Å². The van der Waals surface area contributed by atoms with Crippen LogP contribution in [0.2, 0.25) is 0 Å².